The van der Waals surface area contributed by atoms with Crippen molar-refractivity contribution in [2.45, 2.75) is 12.7 Å². The van der Waals surface area contributed by atoms with Crippen molar-refractivity contribution in [2.75, 3.05) is 0 Å². The summed E-state index contributed by atoms with van der Waals surface area (Å²) >= 11 is 2.96. The first-order valence-electron chi connectivity index (χ1n) is 5.51. The van der Waals surface area contributed by atoms with Crippen molar-refractivity contribution in [3.8, 4) is 0 Å². The fourth-order valence-corrected chi connectivity index (χ4v) is 1.96. The van der Waals surface area contributed by atoms with Crippen LogP contribution in [0.1, 0.15) is 21.7 Å². The van der Waals surface area contributed by atoms with Crippen molar-refractivity contribution >= 4 is 21.8 Å². The van der Waals surface area contributed by atoms with Gasteiger partial charge in [-0.05, 0) is 18.2 Å². The number of aromatic amines is 1. The number of hydrogen-bond acceptors (Lipinski definition) is 2. The van der Waals surface area contributed by atoms with E-state index in [-0.39, 0.29) is 11.0 Å². The summed E-state index contributed by atoms with van der Waals surface area (Å²) in [5.41, 5.74) is -1.41. The first-order valence-corrected chi connectivity index (χ1v) is 6.30. The van der Waals surface area contributed by atoms with E-state index in [2.05, 4.69) is 31.2 Å². The van der Waals surface area contributed by atoms with E-state index < -0.39 is 23.2 Å². The Bertz CT molecular complexity index is 611. The van der Waals surface area contributed by atoms with Crippen LogP contribution >= 0.6 is 15.9 Å². The highest BCUT2D eigenvalue weighted by atomic mass is 79.9. The van der Waals surface area contributed by atoms with Gasteiger partial charge in [0.1, 0.15) is 5.82 Å². The third kappa shape index (κ3) is 3.38. The summed E-state index contributed by atoms with van der Waals surface area (Å²) in [5, 5.41) is 2.39. The molecule has 2 rings (SSSR count). The molecule has 0 bridgehead atoms. The maximum absolute atomic E-state index is 12.9. The average Bonchev–Trinajstić information content (AvgIpc) is 2.88. The predicted molar refractivity (Wildman–Crippen MR) is 68.9 cm³/mol. The molecule has 1 aromatic carbocycles. The minimum absolute atomic E-state index is 0.0270. The van der Waals surface area contributed by atoms with Crippen LogP contribution in [0.4, 0.5) is 13.2 Å². The SMILES string of the molecule is O=C(NCc1ncc[nH]1)c1ccc(Br)cc1C(F)(F)F. The second kappa shape index (κ2) is 5.66. The van der Waals surface area contributed by atoms with Crippen LogP contribution in [0.15, 0.2) is 35.1 Å². The third-order valence-electron chi connectivity index (χ3n) is 2.50. The molecule has 0 aliphatic carbocycles. The van der Waals surface area contributed by atoms with Gasteiger partial charge in [-0.2, -0.15) is 13.2 Å². The van der Waals surface area contributed by atoms with Gasteiger partial charge in [0, 0.05) is 16.9 Å². The van der Waals surface area contributed by atoms with E-state index >= 15 is 0 Å². The van der Waals surface area contributed by atoms with Gasteiger partial charge < -0.3 is 10.3 Å². The fraction of sp³-hybridized carbons (Fsp3) is 0.167. The predicted octanol–water partition coefficient (Wildman–Crippen LogP) is 3.12. The third-order valence-corrected chi connectivity index (χ3v) is 3.00. The molecule has 1 heterocycles. The Hall–Kier alpha value is -1.83. The Labute approximate surface area is 120 Å². The number of halogens is 4. The minimum Gasteiger partial charge on any atom is -0.347 e. The number of amides is 1. The maximum Gasteiger partial charge on any atom is 0.417 e. The number of imidazole rings is 1. The van der Waals surface area contributed by atoms with Crippen LogP contribution in [0.25, 0.3) is 0 Å². The molecule has 0 saturated carbocycles. The van der Waals surface area contributed by atoms with Crippen LogP contribution in [0.5, 0.6) is 0 Å². The molecule has 20 heavy (non-hydrogen) atoms. The van der Waals surface area contributed by atoms with Gasteiger partial charge in [0.2, 0.25) is 0 Å². The summed E-state index contributed by atoms with van der Waals surface area (Å²) in [6, 6.07) is 3.39. The number of H-pyrrole nitrogens is 1. The number of benzene rings is 1. The first-order chi connectivity index (χ1) is 9.38. The van der Waals surface area contributed by atoms with E-state index in [4.69, 9.17) is 0 Å². The van der Waals surface area contributed by atoms with Crippen LogP contribution in [0.3, 0.4) is 0 Å². The molecule has 0 spiro atoms. The van der Waals surface area contributed by atoms with E-state index in [0.717, 1.165) is 12.1 Å². The van der Waals surface area contributed by atoms with E-state index in [1.165, 1.54) is 12.3 Å². The Kier molecular flexibility index (Phi) is 4.12. The summed E-state index contributed by atoms with van der Waals surface area (Å²) in [5.74, 6) is -0.342. The molecule has 106 valence electrons. The van der Waals surface area contributed by atoms with E-state index in [9.17, 15) is 18.0 Å². The Morgan fingerprint density at radius 3 is 2.75 bits per heavy atom. The largest absolute Gasteiger partial charge is 0.417 e. The van der Waals surface area contributed by atoms with E-state index in [1.807, 2.05) is 0 Å². The van der Waals surface area contributed by atoms with Crippen LogP contribution in [0, 0.1) is 0 Å². The fourth-order valence-electron chi connectivity index (χ4n) is 1.60. The molecule has 1 aromatic heterocycles. The van der Waals surface area contributed by atoms with Crippen LogP contribution in [-0.4, -0.2) is 15.9 Å². The van der Waals surface area contributed by atoms with Gasteiger partial charge in [0.05, 0.1) is 17.7 Å². The number of nitrogens with zero attached hydrogens (tertiary/aromatic N) is 1. The minimum atomic E-state index is -4.60. The topological polar surface area (TPSA) is 57.8 Å². The summed E-state index contributed by atoms with van der Waals surface area (Å²) in [4.78, 5) is 18.5. The number of nitrogens with one attached hydrogen (secondary N) is 2. The standard InChI is InChI=1S/C12H9BrF3N3O/c13-7-1-2-8(9(5-7)12(14,15)16)11(20)19-6-10-17-3-4-18-10/h1-5H,6H2,(H,17,18)(H,19,20). The molecule has 0 atom stereocenters. The lowest BCUT2D eigenvalue weighted by molar-refractivity contribution is -0.138. The number of aromatic nitrogens is 2. The molecule has 1 amide bonds. The number of rotatable bonds is 3. The highest BCUT2D eigenvalue weighted by Gasteiger charge is 2.35. The molecular weight excluding hydrogens is 339 g/mol. The summed E-state index contributed by atoms with van der Waals surface area (Å²) in [7, 11) is 0. The molecule has 8 heteroatoms. The molecule has 0 radical (unpaired) electrons. The number of carbonyl (C=O) groups is 1. The lowest BCUT2D eigenvalue weighted by Gasteiger charge is -2.13. The van der Waals surface area contributed by atoms with Crippen molar-refractivity contribution in [2.24, 2.45) is 0 Å². The van der Waals surface area contributed by atoms with Gasteiger partial charge in [-0.3, -0.25) is 4.79 Å². The first kappa shape index (κ1) is 14.6. The van der Waals surface area contributed by atoms with Gasteiger partial charge >= 0.3 is 6.18 Å². The summed E-state index contributed by atoms with van der Waals surface area (Å²) in [6.45, 7) is 0.0270. The molecule has 0 saturated heterocycles. The van der Waals surface area contributed by atoms with Crippen molar-refractivity contribution < 1.29 is 18.0 Å². The molecule has 2 N–H and O–H groups in total. The van der Waals surface area contributed by atoms with Crippen molar-refractivity contribution in [3.63, 3.8) is 0 Å². The van der Waals surface area contributed by atoms with Crippen molar-refractivity contribution in [1.82, 2.24) is 15.3 Å². The zero-order valence-electron chi connectivity index (χ0n) is 9.96. The lowest BCUT2D eigenvalue weighted by Crippen LogP contribution is -2.26. The van der Waals surface area contributed by atoms with Gasteiger partial charge in [-0.15, -0.1) is 0 Å². The Morgan fingerprint density at radius 1 is 1.40 bits per heavy atom. The molecule has 0 aliphatic heterocycles. The second-order valence-electron chi connectivity index (χ2n) is 3.91. The number of hydrogen-bond donors (Lipinski definition) is 2. The van der Waals surface area contributed by atoms with Gasteiger partial charge in [-0.25, -0.2) is 4.98 Å². The smallest absolute Gasteiger partial charge is 0.347 e. The Balaban J connectivity index is 2.21. The van der Waals surface area contributed by atoms with Crippen molar-refractivity contribution in [1.29, 1.82) is 0 Å². The summed E-state index contributed by atoms with van der Waals surface area (Å²) in [6.07, 6.45) is -1.55. The normalized spacial score (nSPS) is 11.4. The highest BCUT2D eigenvalue weighted by molar-refractivity contribution is 9.10. The van der Waals surface area contributed by atoms with Crippen LogP contribution in [-0.2, 0) is 12.7 Å². The van der Waals surface area contributed by atoms with Crippen LogP contribution in [0.2, 0.25) is 0 Å². The van der Waals surface area contributed by atoms with Crippen molar-refractivity contribution in [3.05, 3.63) is 52.0 Å². The number of alkyl halides is 3. The summed E-state index contributed by atoms with van der Waals surface area (Å²) < 4.78 is 38.9. The quantitative estimate of drug-likeness (QED) is 0.896. The molecule has 0 unspecified atom stereocenters. The zero-order valence-corrected chi connectivity index (χ0v) is 11.5. The zero-order chi connectivity index (χ0) is 14.8. The monoisotopic (exact) mass is 347 g/mol. The number of carbonyl (C=O) groups excluding carboxylic acids is 1. The Morgan fingerprint density at radius 2 is 2.15 bits per heavy atom. The van der Waals surface area contributed by atoms with E-state index in [0.29, 0.717) is 5.82 Å². The maximum atomic E-state index is 12.9. The highest BCUT2D eigenvalue weighted by Crippen LogP contribution is 2.33. The molecule has 4 nitrogen and oxygen atoms in total. The average molecular weight is 348 g/mol. The van der Waals surface area contributed by atoms with Crippen LogP contribution < -0.4 is 5.32 Å². The van der Waals surface area contributed by atoms with Gasteiger partial charge in [0.15, 0.2) is 0 Å². The lowest BCUT2D eigenvalue weighted by atomic mass is 10.1. The van der Waals surface area contributed by atoms with E-state index in [1.54, 1.807) is 6.20 Å². The van der Waals surface area contributed by atoms with Gasteiger partial charge in [-0.1, -0.05) is 15.9 Å². The molecule has 0 aliphatic rings. The second-order valence-corrected chi connectivity index (χ2v) is 4.82. The molecule has 0 fully saturated rings. The van der Waals surface area contributed by atoms with Gasteiger partial charge in [0.25, 0.3) is 5.91 Å². The molecular formula is C12H9BrF3N3O. The molecule has 2 aromatic rings.